The maximum absolute atomic E-state index is 13.0. The highest BCUT2D eigenvalue weighted by Gasteiger charge is 2.24. The lowest BCUT2D eigenvalue weighted by molar-refractivity contribution is 0.0929. The Balaban J connectivity index is 1.21. The fourth-order valence-corrected chi connectivity index (χ4v) is 3.32. The van der Waals surface area contributed by atoms with Gasteiger partial charge in [0.2, 0.25) is 5.76 Å². The summed E-state index contributed by atoms with van der Waals surface area (Å²) in [5.74, 6) is 0.505. The molecule has 1 saturated heterocycles. The van der Waals surface area contributed by atoms with Gasteiger partial charge in [-0.1, -0.05) is 5.16 Å². The fraction of sp³-hybridized carbons (Fsp3) is 0.286. The highest BCUT2D eigenvalue weighted by molar-refractivity contribution is 5.93. The number of piperidine rings is 1. The summed E-state index contributed by atoms with van der Waals surface area (Å²) in [6.45, 7) is 1.66. The van der Waals surface area contributed by atoms with Crippen LogP contribution >= 0.6 is 0 Å². The van der Waals surface area contributed by atoms with Gasteiger partial charge in [-0.05, 0) is 55.2 Å². The number of carbonyl (C=O) groups excluding carboxylic acids is 2. The molecule has 3 amide bonds. The highest BCUT2D eigenvalue weighted by atomic mass is 19.1. The molecule has 1 aromatic carbocycles. The number of amides is 3. The third kappa shape index (κ3) is 4.68. The molecule has 1 aliphatic heterocycles. The van der Waals surface area contributed by atoms with Crippen LogP contribution in [0.25, 0.3) is 11.5 Å². The van der Waals surface area contributed by atoms with E-state index in [1.807, 2.05) is 0 Å². The second-order valence-corrected chi connectivity index (χ2v) is 7.13. The van der Waals surface area contributed by atoms with Gasteiger partial charge in [0.1, 0.15) is 5.82 Å². The lowest BCUT2D eigenvalue weighted by Crippen LogP contribution is -2.43. The van der Waals surface area contributed by atoms with E-state index in [0.29, 0.717) is 36.8 Å². The van der Waals surface area contributed by atoms with Crippen molar-refractivity contribution in [3.8, 4) is 11.5 Å². The van der Waals surface area contributed by atoms with Gasteiger partial charge in [-0.2, -0.15) is 0 Å². The smallest absolute Gasteiger partial charge is 0.321 e. The van der Waals surface area contributed by atoms with Gasteiger partial charge < -0.3 is 24.5 Å². The van der Waals surface area contributed by atoms with Crippen LogP contribution in [-0.2, 0) is 0 Å². The summed E-state index contributed by atoms with van der Waals surface area (Å²) in [6.07, 6.45) is 3.06. The number of carbonyl (C=O) groups is 2. The molecule has 3 heterocycles. The van der Waals surface area contributed by atoms with Crippen molar-refractivity contribution in [1.29, 1.82) is 0 Å². The SMILES string of the molecule is O=C(NCC1CCN(C(=O)Nc2ccc(F)cc2)CC1)c1cc(-c2ccco2)on1. The average Bonchev–Trinajstić information content (AvgIpc) is 3.46. The first-order chi connectivity index (χ1) is 14.6. The normalized spacial score (nSPS) is 14.5. The Bertz CT molecular complexity index is 992. The Labute approximate surface area is 172 Å². The number of nitrogens with zero attached hydrogens (tertiary/aromatic N) is 2. The molecule has 8 nitrogen and oxygen atoms in total. The second kappa shape index (κ2) is 8.81. The molecule has 4 rings (SSSR count). The van der Waals surface area contributed by atoms with Gasteiger partial charge in [0.05, 0.1) is 6.26 Å². The van der Waals surface area contributed by atoms with E-state index >= 15 is 0 Å². The molecular formula is C21H21FN4O4. The van der Waals surface area contributed by atoms with Crippen LogP contribution in [0.15, 0.2) is 57.7 Å². The molecule has 0 radical (unpaired) electrons. The minimum absolute atomic E-state index is 0.192. The Morgan fingerprint density at radius 3 is 2.60 bits per heavy atom. The van der Waals surface area contributed by atoms with Crippen LogP contribution in [0, 0.1) is 11.7 Å². The van der Waals surface area contributed by atoms with Crippen LogP contribution in [0.1, 0.15) is 23.3 Å². The molecule has 9 heteroatoms. The molecule has 0 aliphatic carbocycles. The number of anilines is 1. The molecule has 0 bridgehead atoms. The largest absolute Gasteiger partial charge is 0.461 e. The Kier molecular flexibility index (Phi) is 5.78. The Hall–Kier alpha value is -3.62. The van der Waals surface area contributed by atoms with Gasteiger partial charge in [-0.3, -0.25) is 4.79 Å². The summed E-state index contributed by atoms with van der Waals surface area (Å²) in [5, 5.41) is 9.42. The number of benzene rings is 1. The van der Waals surface area contributed by atoms with Crippen LogP contribution < -0.4 is 10.6 Å². The third-order valence-corrected chi connectivity index (χ3v) is 5.06. The van der Waals surface area contributed by atoms with Gasteiger partial charge >= 0.3 is 6.03 Å². The molecule has 30 heavy (non-hydrogen) atoms. The fourth-order valence-electron chi connectivity index (χ4n) is 3.32. The molecule has 1 fully saturated rings. The van der Waals surface area contributed by atoms with Crippen molar-refractivity contribution in [2.45, 2.75) is 12.8 Å². The van der Waals surface area contributed by atoms with Gasteiger partial charge in [0.25, 0.3) is 5.91 Å². The number of furan rings is 1. The van der Waals surface area contributed by atoms with Crippen LogP contribution in [0.2, 0.25) is 0 Å². The molecular weight excluding hydrogens is 391 g/mol. The predicted molar refractivity (Wildman–Crippen MR) is 106 cm³/mol. The Morgan fingerprint density at radius 1 is 1.13 bits per heavy atom. The summed E-state index contributed by atoms with van der Waals surface area (Å²) >= 11 is 0. The summed E-state index contributed by atoms with van der Waals surface area (Å²) in [6, 6.07) is 10.4. The molecule has 0 spiro atoms. The van der Waals surface area contributed by atoms with Crippen molar-refractivity contribution in [2.24, 2.45) is 5.92 Å². The third-order valence-electron chi connectivity index (χ3n) is 5.06. The molecule has 156 valence electrons. The van der Waals surface area contributed by atoms with E-state index in [-0.39, 0.29) is 29.4 Å². The first-order valence-corrected chi connectivity index (χ1v) is 9.69. The van der Waals surface area contributed by atoms with Crippen molar-refractivity contribution in [3.63, 3.8) is 0 Å². The summed E-state index contributed by atoms with van der Waals surface area (Å²) in [7, 11) is 0. The lowest BCUT2D eigenvalue weighted by atomic mass is 9.97. The van der Waals surface area contributed by atoms with E-state index in [2.05, 4.69) is 15.8 Å². The van der Waals surface area contributed by atoms with Crippen molar-refractivity contribution in [1.82, 2.24) is 15.4 Å². The predicted octanol–water partition coefficient (Wildman–Crippen LogP) is 3.75. The summed E-state index contributed by atoms with van der Waals surface area (Å²) in [5.41, 5.74) is 0.745. The van der Waals surface area contributed by atoms with E-state index in [1.54, 1.807) is 17.0 Å². The maximum Gasteiger partial charge on any atom is 0.321 e. The van der Waals surface area contributed by atoms with E-state index in [1.165, 1.54) is 36.6 Å². The van der Waals surface area contributed by atoms with Crippen LogP contribution in [0.4, 0.5) is 14.9 Å². The number of hydrogen-bond acceptors (Lipinski definition) is 5. The van der Waals surface area contributed by atoms with Crippen molar-refractivity contribution >= 4 is 17.6 Å². The molecule has 0 unspecified atom stereocenters. The number of rotatable bonds is 5. The first-order valence-electron chi connectivity index (χ1n) is 9.69. The standard InChI is InChI=1S/C21H21FN4O4/c22-15-3-5-16(6-4-15)24-21(28)26-9-7-14(8-10-26)13-23-20(27)17-12-19(30-25-17)18-2-1-11-29-18/h1-6,11-12,14H,7-10,13H2,(H,23,27)(H,24,28). The van der Waals surface area contributed by atoms with Crippen molar-refractivity contribution in [2.75, 3.05) is 25.0 Å². The van der Waals surface area contributed by atoms with E-state index < -0.39 is 0 Å². The minimum Gasteiger partial charge on any atom is -0.461 e. The maximum atomic E-state index is 13.0. The number of nitrogens with one attached hydrogen (secondary N) is 2. The van der Waals surface area contributed by atoms with E-state index in [9.17, 15) is 14.0 Å². The van der Waals surface area contributed by atoms with Gasteiger partial charge in [0.15, 0.2) is 11.5 Å². The number of halogens is 1. The molecule has 3 aromatic rings. The van der Waals surface area contributed by atoms with Crippen molar-refractivity contribution < 1.29 is 22.9 Å². The molecule has 2 aromatic heterocycles. The average molecular weight is 412 g/mol. The summed E-state index contributed by atoms with van der Waals surface area (Å²) < 4.78 is 23.3. The zero-order valence-corrected chi connectivity index (χ0v) is 16.1. The quantitative estimate of drug-likeness (QED) is 0.665. The Morgan fingerprint density at radius 2 is 1.90 bits per heavy atom. The molecule has 2 N–H and O–H groups in total. The lowest BCUT2D eigenvalue weighted by Gasteiger charge is -2.32. The number of hydrogen-bond donors (Lipinski definition) is 2. The number of urea groups is 1. The zero-order valence-electron chi connectivity index (χ0n) is 16.1. The van der Waals surface area contributed by atoms with Crippen LogP contribution in [-0.4, -0.2) is 41.6 Å². The first kappa shape index (κ1) is 19.7. The molecule has 0 atom stereocenters. The van der Waals surface area contributed by atoms with E-state index in [0.717, 1.165) is 12.8 Å². The minimum atomic E-state index is -0.348. The topological polar surface area (TPSA) is 101 Å². The second-order valence-electron chi connectivity index (χ2n) is 7.13. The van der Waals surface area contributed by atoms with E-state index in [4.69, 9.17) is 8.94 Å². The number of aromatic nitrogens is 1. The molecule has 0 saturated carbocycles. The van der Waals surface area contributed by atoms with Gasteiger partial charge in [-0.25, -0.2) is 9.18 Å². The van der Waals surface area contributed by atoms with Gasteiger partial charge in [-0.15, -0.1) is 0 Å². The van der Waals surface area contributed by atoms with Crippen LogP contribution in [0.5, 0.6) is 0 Å². The molecule has 1 aliphatic rings. The number of likely N-dealkylation sites (tertiary alicyclic amines) is 1. The monoisotopic (exact) mass is 412 g/mol. The zero-order chi connectivity index (χ0) is 20.9. The summed E-state index contributed by atoms with van der Waals surface area (Å²) in [4.78, 5) is 26.4. The highest BCUT2D eigenvalue weighted by Crippen LogP contribution is 2.21. The van der Waals surface area contributed by atoms with Gasteiger partial charge in [0, 0.05) is 31.4 Å². The van der Waals surface area contributed by atoms with Crippen molar-refractivity contribution in [3.05, 3.63) is 60.2 Å². The van der Waals surface area contributed by atoms with Crippen LogP contribution in [0.3, 0.4) is 0 Å².